The fourth-order valence-electron chi connectivity index (χ4n) is 2.82. The summed E-state index contributed by atoms with van der Waals surface area (Å²) in [5.41, 5.74) is 8.17. The Morgan fingerprint density at radius 3 is 3.07 bits per heavy atom. The summed E-state index contributed by atoms with van der Waals surface area (Å²) < 4.78 is 24.2. The van der Waals surface area contributed by atoms with Crippen molar-refractivity contribution in [3.05, 3.63) is 67.6 Å². The van der Waals surface area contributed by atoms with Gasteiger partial charge in [-0.25, -0.2) is 9.36 Å². The van der Waals surface area contributed by atoms with Gasteiger partial charge in [-0.05, 0) is 24.6 Å². The lowest BCUT2D eigenvalue weighted by Crippen LogP contribution is -2.33. The van der Waals surface area contributed by atoms with Crippen LogP contribution in [0.25, 0.3) is 10.4 Å². The van der Waals surface area contributed by atoms with Gasteiger partial charge in [0.2, 0.25) is 0 Å². The first-order valence-electron chi connectivity index (χ1n) is 8.46. The molecule has 0 aliphatic carbocycles. The highest BCUT2D eigenvalue weighted by molar-refractivity contribution is 7.54. The fraction of sp³-hybridized carbons (Fsp3) is 0.400. The van der Waals surface area contributed by atoms with Crippen molar-refractivity contribution in [3.63, 3.8) is 0 Å². The van der Waals surface area contributed by atoms with Crippen molar-refractivity contribution in [2.45, 2.75) is 31.7 Å². The number of aryl methyl sites for hydroxylation is 1. The Balaban J connectivity index is 1.72. The zero-order valence-corrected chi connectivity index (χ0v) is 16.1. The Labute approximate surface area is 163 Å². The molecular weight excluding hydrogens is 405 g/mol. The summed E-state index contributed by atoms with van der Waals surface area (Å²) in [7, 11) is -4.25. The van der Waals surface area contributed by atoms with E-state index in [9.17, 15) is 19.0 Å². The molecule has 0 spiro atoms. The molecule has 2 aromatic heterocycles. The number of pyridine rings is 1. The van der Waals surface area contributed by atoms with E-state index in [2.05, 4.69) is 25.1 Å². The first-order chi connectivity index (χ1) is 13.8. The smallest absolute Gasteiger partial charge is 0.352 e. The molecular formula is C15H18N7O6P. The van der Waals surface area contributed by atoms with Crippen molar-refractivity contribution in [1.82, 2.24) is 14.5 Å². The van der Waals surface area contributed by atoms with Gasteiger partial charge in [0.05, 0.1) is 30.6 Å². The van der Waals surface area contributed by atoms with Crippen molar-refractivity contribution < 1.29 is 18.7 Å². The van der Waals surface area contributed by atoms with Crippen LogP contribution in [-0.4, -0.2) is 38.2 Å². The molecule has 14 heteroatoms. The van der Waals surface area contributed by atoms with Crippen LogP contribution in [0.1, 0.15) is 18.2 Å². The minimum Gasteiger partial charge on any atom is -0.352 e. The average molecular weight is 423 g/mol. The first-order valence-corrected chi connectivity index (χ1v) is 10.0. The van der Waals surface area contributed by atoms with Gasteiger partial charge in [0.15, 0.2) is 0 Å². The molecule has 2 unspecified atom stereocenters. The molecule has 2 aromatic rings. The summed E-state index contributed by atoms with van der Waals surface area (Å²) in [6.07, 6.45) is 2.59. The summed E-state index contributed by atoms with van der Waals surface area (Å²) in [5, 5.41) is 5.95. The Bertz CT molecular complexity index is 1080. The monoisotopic (exact) mass is 423 g/mol. The van der Waals surface area contributed by atoms with Crippen LogP contribution >= 0.6 is 7.75 Å². The molecule has 29 heavy (non-hydrogen) atoms. The van der Waals surface area contributed by atoms with E-state index in [0.29, 0.717) is 5.56 Å². The predicted octanol–water partition coefficient (Wildman–Crippen LogP) is 1.44. The lowest BCUT2D eigenvalue weighted by atomic mass is 10.1. The zero-order chi connectivity index (χ0) is 21.0. The molecule has 1 aliphatic rings. The molecule has 154 valence electrons. The lowest BCUT2D eigenvalue weighted by molar-refractivity contribution is -0.0237. The van der Waals surface area contributed by atoms with Crippen LogP contribution in [-0.2, 0) is 13.8 Å². The van der Waals surface area contributed by atoms with E-state index in [1.165, 1.54) is 36.1 Å². The Kier molecular flexibility index (Phi) is 6.16. The van der Waals surface area contributed by atoms with E-state index < -0.39 is 37.4 Å². The van der Waals surface area contributed by atoms with Gasteiger partial charge in [-0.3, -0.25) is 28.9 Å². The van der Waals surface area contributed by atoms with Crippen molar-refractivity contribution in [1.29, 1.82) is 0 Å². The van der Waals surface area contributed by atoms with Crippen LogP contribution in [0, 0.1) is 6.92 Å². The molecule has 1 aliphatic heterocycles. The maximum absolute atomic E-state index is 12.2. The highest BCUT2D eigenvalue weighted by atomic mass is 31.2. The summed E-state index contributed by atoms with van der Waals surface area (Å²) in [6.45, 7) is 1.15. The van der Waals surface area contributed by atoms with E-state index in [-0.39, 0.29) is 18.7 Å². The van der Waals surface area contributed by atoms with Crippen LogP contribution in [0.5, 0.6) is 0 Å². The predicted molar refractivity (Wildman–Crippen MR) is 101 cm³/mol. The number of anilines is 1. The molecule has 3 rings (SSSR count). The third-order valence-corrected chi connectivity index (χ3v) is 5.25. The van der Waals surface area contributed by atoms with Gasteiger partial charge < -0.3 is 9.63 Å². The second kappa shape index (κ2) is 8.60. The van der Waals surface area contributed by atoms with E-state index in [4.69, 9.17) is 14.8 Å². The summed E-state index contributed by atoms with van der Waals surface area (Å²) in [6, 6.07) is 2.37. The SMILES string of the molecule is Cc1cn([C@H]2CC(N=[N+]=[N-])[C@@H](COP(=O)(O)Nc3cccnc3)O2)c(=O)[nH]c1=O. The Hall–Kier alpha value is -2.95. The Morgan fingerprint density at radius 1 is 1.59 bits per heavy atom. The number of ether oxygens (including phenoxy) is 1. The number of hydrogen-bond acceptors (Lipinski definition) is 7. The van der Waals surface area contributed by atoms with Crippen molar-refractivity contribution in [2.24, 2.45) is 5.11 Å². The second-order valence-electron chi connectivity index (χ2n) is 6.29. The van der Waals surface area contributed by atoms with Crippen LogP contribution in [0.4, 0.5) is 5.69 Å². The standard InChI is InChI=1S/C15H18N7O6P/c1-9-7-22(15(24)18-14(9)23)13-5-11(19-21-16)12(28-13)8-27-29(25,26)20-10-3-2-4-17-6-10/h2-4,6-7,11-13H,5,8H2,1H3,(H,18,23,24)(H2,20,25,26)/t11?,12-,13-/m1/s1. The number of rotatable bonds is 7. The van der Waals surface area contributed by atoms with Gasteiger partial charge in [-0.15, -0.1) is 0 Å². The van der Waals surface area contributed by atoms with Crippen LogP contribution in [0.15, 0.2) is 45.4 Å². The van der Waals surface area contributed by atoms with Crippen LogP contribution < -0.4 is 16.3 Å². The number of azide groups is 1. The summed E-state index contributed by atoms with van der Waals surface area (Å²) in [4.78, 5) is 42.3. The number of nitrogens with one attached hydrogen (secondary N) is 2. The lowest BCUT2D eigenvalue weighted by Gasteiger charge is -2.19. The van der Waals surface area contributed by atoms with Gasteiger partial charge in [0.25, 0.3) is 5.56 Å². The van der Waals surface area contributed by atoms with Gasteiger partial charge in [0, 0.05) is 29.3 Å². The molecule has 13 nitrogen and oxygen atoms in total. The van der Waals surface area contributed by atoms with E-state index in [0.717, 1.165) is 0 Å². The molecule has 0 aromatic carbocycles. The number of aromatic amines is 1. The number of H-pyrrole nitrogens is 1. The van der Waals surface area contributed by atoms with E-state index >= 15 is 0 Å². The summed E-state index contributed by atoms with van der Waals surface area (Å²) in [5.74, 6) is 0. The highest BCUT2D eigenvalue weighted by Crippen LogP contribution is 2.43. The quantitative estimate of drug-likeness (QED) is 0.258. The molecule has 0 radical (unpaired) electrons. The molecule has 1 saturated heterocycles. The minimum absolute atomic E-state index is 0.120. The third kappa shape index (κ3) is 5.11. The van der Waals surface area contributed by atoms with Gasteiger partial charge >= 0.3 is 13.4 Å². The molecule has 4 atom stereocenters. The van der Waals surface area contributed by atoms with Crippen molar-refractivity contribution in [2.75, 3.05) is 11.7 Å². The topological polar surface area (TPSA) is 184 Å². The average Bonchev–Trinajstić information content (AvgIpc) is 3.06. The number of nitrogens with zero attached hydrogens (tertiary/aromatic N) is 5. The van der Waals surface area contributed by atoms with Crippen LogP contribution in [0.3, 0.4) is 0 Å². The molecule has 0 amide bonds. The largest absolute Gasteiger partial charge is 0.430 e. The molecule has 0 bridgehead atoms. The van der Waals surface area contributed by atoms with Gasteiger partial charge in [-0.1, -0.05) is 5.11 Å². The van der Waals surface area contributed by atoms with Gasteiger partial charge in [0.1, 0.15) is 6.23 Å². The molecule has 1 fully saturated rings. The third-order valence-electron chi connectivity index (χ3n) is 4.21. The minimum atomic E-state index is -4.25. The van der Waals surface area contributed by atoms with Crippen LogP contribution in [0.2, 0.25) is 0 Å². The van der Waals surface area contributed by atoms with Crippen molar-refractivity contribution >= 4 is 13.4 Å². The second-order valence-corrected chi connectivity index (χ2v) is 7.81. The van der Waals surface area contributed by atoms with E-state index in [1.807, 2.05) is 0 Å². The fourth-order valence-corrected chi connectivity index (χ4v) is 3.69. The first kappa shape index (κ1) is 20.8. The number of hydrogen-bond donors (Lipinski definition) is 3. The zero-order valence-electron chi connectivity index (χ0n) is 15.2. The summed E-state index contributed by atoms with van der Waals surface area (Å²) >= 11 is 0. The highest BCUT2D eigenvalue weighted by Gasteiger charge is 2.38. The maximum atomic E-state index is 12.2. The van der Waals surface area contributed by atoms with Gasteiger partial charge in [-0.2, -0.15) is 0 Å². The maximum Gasteiger partial charge on any atom is 0.430 e. The normalized spacial score (nSPS) is 23.2. The molecule has 3 N–H and O–H groups in total. The molecule has 3 heterocycles. The van der Waals surface area contributed by atoms with Crippen molar-refractivity contribution in [3.8, 4) is 0 Å². The Morgan fingerprint density at radius 2 is 2.38 bits per heavy atom. The number of aromatic nitrogens is 3. The molecule has 0 saturated carbocycles. The van der Waals surface area contributed by atoms with E-state index in [1.54, 1.807) is 6.07 Å².